The van der Waals surface area contributed by atoms with E-state index in [4.69, 9.17) is 0 Å². The van der Waals surface area contributed by atoms with E-state index in [0.29, 0.717) is 5.56 Å². The Balaban J connectivity index is 1.75. The van der Waals surface area contributed by atoms with Crippen LogP contribution >= 0.6 is 0 Å². The number of amides is 1. The second-order valence-corrected chi connectivity index (χ2v) is 5.58. The van der Waals surface area contributed by atoms with Crippen LogP contribution in [0.25, 0.3) is 0 Å². The van der Waals surface area contributed by atoms with Crippen LogP contribution in [0.2, 0.25) is 0 Å². The van der Waals surface area contributed by atoms with Crippen molar-refractivity contribution in [2.45, 2.75) is 26.3 Å². The first-order chi connectivity index (χ1) is 10.1. The molecule has 1 unspecified atom stereocenters. The molecule has 2 N–H and O–H groups in total. The molecule has 0 bridgehead atoms. The zero-order valence-corrected chi connectivity index (χ0v) is 12.6. The van der Waals surface area contributed by atoms with Crippen LogP contribution in [0.3, 0.4) is 0 Å². The third-order valence-corrected chi connectivity index (χ3v) is 4.09. The van der Waals surface area contributed by atoms with E-state index in [0.717, 1.165) is 30.0 Å². The van der Waals surface area contributed by atoms with Gasteiger partial charge in [-0.2, -0.15) is 5.10 Å². The number of fused-ring (bicyclic) bond motifs is 1. The molecule has 2 aromatic rings. The lowest BCUT2D eigenvalue weighted by Gasteiger charge is -2.27. The first-order valence-corrected chi connectivity index (χ1v) is 7.19. The molecule has 1 aliphatic heterocycles. The summed E-state index contributed by atoms with van der Waals surface area (Å²) in [5.41, 5.74) is 4.77. The van der Waals surface area contributed by atoms with E-state index in [-0.39, 0.29) is 11.9 Å². The van der Waals surface area contributed by atoms with Crippen LogP contribution in [0, 0.1) is 13.8 Å². The zero-order valence-electron chi connectivity index (χ0n) is 12.6. The number of anilines is 1. The van der Waals surface area contributed by atoms with E-state index in [9.17, 15) is 4.79 Å². The van der Waals surface area contributed by atoms with Crippen LogP contribution in [0.1, 0.15) is 27.3 Å². The maximum atomic E-state index is 12.5. The summed E-state index contributed by atoms with van der Waals surface area (Å²) in [4.78, 5) is 12.5. The topological polar surface area (TPSA) is 59.0 Å². The van der Waals surface area contributed by atoms with E-state index in [1.807, 2.05) is 33.0 Å². The summed E-state index contributed by atoms with van der Waals surface area (Å²) in [5, 5.41) is 10.8. The van der Waals surface area contributed by atoms with Crippen molar-refractivity contribution in [2.75, 3.05) is 11.9 Å². The van der Waals surface area contributed by atoms with E-state index < -0.39 is 0 Å². The lowest BCUT2D eigenvalue weighted by molar-refractivity contribution is 0.0937. The molecule has 1 atom stereocenters. The highest BCUT2D eigenvalue weighted by Crippen LogP contribution is 2.21. The summed E-state index contributed by atoms with van der Waals surface area (Å²) in [6, 6.07) is 8.32. The van der Waals surface area contributed by atoms with Crippen molar-refractivity contribution in [1.82, 2.24) is 15.1 Å². The summed E-state index contributed by atoms with van der Waals surface area (Å²) in [6.07, 6.45) is 0.854. The predicted octanol–water partition coefficient (Wildman–Crippen LogP) is 1.80. The quantitative estimate of drug-likeness (QED) is 0.884. The molecule has 21 heavy (non-hydrogen) atoms. The number of carbonyl (C=O) groups is 1. The van der Waals surface area contributed by atoms with Crippen molar-refractivity contribution in [3.05, 3.63) is 46.8 Å². The molecule has 3 rings (SSSR count). The lowest BCUT2D eigenvalue weighted by atomic mass is 9.99. The van der Waals surface area contributed by atoms with Gasteiger partial charge in [-0.15, -0.1) is 0 Å². The average molecular weight is 284 g/mol. The van der Waals surface area contributed by atoms with Gasteiger partial charge in [0.25, 0.3) is 5.91 Å². The molecule has 1 amide bonds. The number of nitrogens with zero attached hydrogens (tertiary/aromatic N) is 2. The van der Waals surface area contributed by atoms with Gasteiger partial charge in [0, 0.05) is 25.0 Å². The van der Waals surface area contributed by atoms with Gasteiger partial charge in [0.2, 0.25) is 0 Å². The maximum Gasteiger partial charge on any atom is 0.255 e. The second-order valence-electron chi connectivity index (χ2n) is 5.58. The fraction of sp³-hybridized carbons (Fsp3) is 0.375. The molecule has 0 fully saturated rings. The Bertz CT molecular complexity index is 690. The van der Waals surface area contributed by atoms with Gasteiger partial charge in [0.15, 0.2) is 0 Å². The highest BCUT2D eigenvalue weighted by atomic mass is 16.1. The molecule has 0 spiro atoms. The minimum Gasteiger partial charge on any atom is -0.383 e. The summed E-state index contributed by atoms with van der Waals surface area (Å²) in [5.74, 6) is -0.0377. The van der Waals surface area contributed by atoms with Gasteiger partial charge in [0.1, 0.15) is 0 Å². The third kappa shape index (κ3) is 2.51. The Hall–Kier alpha value is -2.30. The van der Waals surface area contributed by atoms with Gasteiger partial charge in [0.05, 0.1) is 17.3 Å². The van der Waals surface area contributed by atoms with E-state index >= 15 is 0 Å². The van der Waals surface area contributed by atoms with Crippen LogP contribution in [0.15, 0.2) is 24.3 Å². The molecule has 110 valence electrons. The Morgan fingerprint density at radius 1 is 1.38 bits per heavy atom. The van der Waals surface area contributed by atoms with Crippen LogP contribution in [-0.4, -0.2) is 28.3 Å². The minimum atomic E-state index is -0.0377. The van der Waals surface area contributed by atoms with E-state index in [2.05, 4.69) is 27.9 Å². The molecule has 5 heteroatoms. The molecule has 5 nitrogen and oxygen atoms in total. The first kappa shape index (κ1) is 13.7. The Labute approximate surface area is 124 Å². The summed E-state index contributed by atoms with van der Waals surface area (Å²) >= 11 is 0. The fourth-order valence-corrected chi connectivity index (χ4v) is 2.90. The smallest absolute Gasteiger partial charge is 0.255 e. The van der Waals surface area contributed by atoms with E-state index in [1.165, 1.54) is 5.56 Å². The van der Waals surface area contributed by atoms with Gasteiger partial charge >= 0.3 is 0 Å². The second kappa shape index (κ2) is 5.24. The number of hydrogen-bond acceptors (Lipinski definition) is 3. The molecule has 1 aromatic carbocycles. The molecular weight excluding hydrogens is 264 g/mol. The maximum absolute atomic E-state index is 12.5. The summed E-state index contributed by atoms with van der Waals surface area (Å²) in [7, 11) is 1.86. The molecular formula is C16H20N4O. The minimum absolute atomic E-state index is 0.0377. The van der Waals surface area contributed by atoms with Crippen LogP contribution < -0.4 is 10.6 Å². The van der Waals surface area contributed by atoms with Gasteiger partial charge < -0.3 is 10.6 Å². The highest BCUT2D eigenvalue weighted by molar-refractivity contribution is 5.96. The van der Waals surface area contributed by atoms with Crippen LogP contribution in [-0.2, 0) is 13.5 Å². The molecule has 0 aliphatic carbocycles. The molecule has 0 radical (unpaired) electrons. The normalized spacial score (nSPS) is 17.0. The van der Waals surface area contributed by atoms with E-state index in [1.54, 1.807) is 4.68 Å². The monoisotopic (exact) mass is 284 g/mol. The Morgan fingerprint density at radius 2 is 2.14 bits per heavy atom. The van der Waals surface area contributed by atoms with Crippen LogP contribution in [0.5, 0.6) is 0 Å². The zero-order chi connectivity index (χ0) is 15.0. The fourth-order valence-electron chi connectivity index (χ4n) is 2.90. The Morgan fingerprint density at radius 3 is 2.86 bits per heavy atom. The SMILES string of the molecule is Cc1nn(C)c(C)c1C(=O)NC1CNc2ccccc2C1. The molecule has 1 aromatic heterocycles. The molecule has 1 aliphatic rings. The lowest BCUT2D eigenvalue weighted by Crippen LogP contribution is -2.43. The van der Waals surface area contributed by atoms with Gasteiger partial charge in [-0.25, -0.2) is 0 Å². The number of aromatic nitrogens is 2. The van der Waals surface area contributed by atoms with Crippen molar-refractivity contribution in [3.8, 4) is 0 Å². The molecule has 0 saturated carbocycles. The summed E-state index contributed by atoms with van der Waals surface area (Å²) in [6.45, 7) is 4.54. The van der Waals surface area contributed by atoms with Gasteiger partial charge in [-0.05, 0) is 31.9 Å². The van der Waals surface area contributed by atoms with Crippen molar-refractivity contribution in [2.24, 2.45) is 7.05 Å². The average Bonchev–Trinajstić information content (AvgIpc) is 2.72. The standard InChI is InChI=1S/C16H20N4O/c1-10-15(11(2)20(3)19-10)16(21)18-13-8-12-6-4-5-7-14(12)17-9-13/h4-7,13,17H,8-9H2,1-3H3,(H,18,21). The number of benzene rings is 1. The van der Waals surface area contributed by atoms with Crippen molar-refractivity contribution in [3.63, 3.8) is 0 Å². The number of para-hydroxylation sites is 1. The first-order valence-electron chi connectivity index (χ1n) is 7.19. The van der Waals surface area contributed by atoms with Crippen molar-refractivity contribution < 1.29 is 4.79 Å². The third-order valence-electron chi connectivity index (χ3n) is 4.09. The summed E-state index contributed by atoms with van der Waals surface area (Å²) < 4.78 is 1.75. The molecule has 0 saturated heterocycles. The van der Waals surface area contributed by atoms with Crippen molar-refractivity contribution in [1.29, 1.82) is 0 Å². The van der Waals surface area contributed by atoms with Gasteiger partial charge in [-0.3, -0.25) is 9.48 Å². The number of rotatable bonds is 2. The number of nitrogens with one attached hydrogen (secondary N) is 2. The number of carbonyl (C=O) groups excluding carboxylic acids is 1. The Kier molecular flexibility index (Phi) is 3.41. The van der Waals surface area contributed by atoms with Gasteiger partial charge in [-0.1, -0.05) is 18.2 Å². The largest absolute Gasteiger partial charge is 0.383 e. The molecule has 2 heterocycles. The predicted molar refractivity (Wildman–Crippen MR) is 82.6 cm³/mol. The number of aryl methyl sites for hydroxylation is 2. The number of hydrogen-bond donors (Lipinski definition) is 2. The van der Waals surface area contributed by atoms with Crippen LogP contribution in [0.4, 0.5) is 5.69 Å². The highest BCUT2D eigenvalue weighted by Gasteiger charge is 2.23. The van der Waals surface area contributed by atoms with Crippen molar-refractivity contribution >= 4 is 11.6 Å².